The third kappa shape index (κ3) is 2.07. The Morgan fingerprint density at radius 3 is 2.90 bits per heavy atom. The maximum absolute atomic E-state index is 11.6. The largest absolute Gasteiger partial charge is 0.394 e. The number of hydrogen-bond acceptors (Lipinski definition) is 4. The number of nitrogens with zero attached hydrogens (tertiary/aromatic N) is 1. The fourth-order valence-electron chi connectivity index (χ4n) is 2.88. The van der Waals surface area contributed by atoms with Gasteiger partial charge in [0, 0.05) is 6.54 Å². The number of aliphatic hydroxyl groups is 1. The van der Waals surface area contributed by atoms with Gasteiger partial charge in [-0.3, -0.25) is 9.59 Å². The lowest BCUT2D eigenvalue weighted by Gasteiger charge is -2.37. The quantitative estimate of drug-likeness (QED) is 0.817. The van der Waals surface area contributed by atoms with Crippen molar-refractivity contribution < 1.29 is 14.7 Å². The molecule has 2 aliphatic heterocycles. The average Bonchev–Trinajstić information content (AvgIpc) is 2.73. The van der Waals surface area contributed by atoms with Crippen LogP contribution in [0.5, 0.6) is 0 Å². The van der Waals surface area contributed by atoms with Crippen molar-refractivity contribution in [1.82, 2.24) is 0 Å². The second-order valence-corrected chi connectivity index (χ2v) is 5.57. The Morgan fingerprint density at radius 1 is 1.35 bits per heavy atom. The van der Waals surface area contributed by atoms with Crippen molar-refractivity contribution in [3.05, 3.63) is 22.7 Å². The van der Waals surface area contributed by atoms with Crippen LogP contribution in [0.15, 0.2) is 12.1 Å². The van der Waals surface area contributed by atoms with Gasteiger partial charge in [-0.1, -0.05) is 11.6 Å². The van der Waals surface area contributed by atoms with E-state index in [0.717, 1.165) is 31.5 Å². The first kappa shape index (κ1) is 13.4. The first-order valence-electron chi connectivity index (χ1n) is 6.68. The monoisotopic (exact) mass is 294 g/mol. The van der Waals surface area contributed by atoms with Crippen LogP contribution in [0.25, 0.3) is 0 Å². The van der Waals surface area contributed by atoms with Crippen molar-refractivity contribution in [2.24, 2.45) is 0 Å². The predicted octanol–water partition coefficient (Wildman–Crippen LogP) is 1.83. The number of halogens is 1. The molecule has 0 aromatic heterocycles. The molecule has 5 nitrogen and oxygen atoms in total. The smallest absolute Gasteiger partial charge is 0.296 e. The van der Waals surface area contributed by atoms with Gasteiger partial charge >= 0.3 is 0 Å². The molecule has 0 aliphatic carbocycles. The van der Waals surface area contributed by atoms with E-state index in [2.05, 4.69) is 10.2 Å². The Kier molecular flexibility index (Phi) is 3.40. The number of amides is 1. The topological polar surface area (TPSA) is 69.6 Å². The zero-order chi connectivity index (χ0) is 14.3. The Balaban J connectivity index is 2.01. The van der Waals surface area contributed by atoms with Crippen LogP contribution in [0.4, 0.5) is 11.4 Å². The molecular formula is C14H15ClN2O3. The molecule has 1 aromatic carbocycles. The Hall–Kier alpha value is -1.59. The molecule has 0 spiro atoms. The number of nitrogens with one attached hydrogen (secondary N) is 1. The highest BCUT2D eigenvalue weighted by molar-refractivity contribution is 6.52. The summed E-state index contributed by atoms with van der Waals surface area (Å²) in [5, 5.41) is 12.5. The van der Waals surface area contributed by atoms with Crippen LogP contribution in [0, 0.1) is 0 Å². The van der Waals surface area contributed by atoms with Crippen LogP contribution in [-0.4, -0.2) is 36.0 Å². The molecule has 2 N–H and O–H groups in total. The predicted molar refractivity (Wildman–Crippen MR) is 76.5 cm³/mol. The van der Waals surface area contributed by atoms with E-state index in [1.54, 1.807) is 6.07 Å². The summed E-state index contributed by atoms with van der Waals surface area (Å²) in [6.07, 6.45) is 3.03. The number of fused-ring (bicyclic) bond motifs is 1. The van der Waals surface area contributed by atoms with E-state index >= 15 is 0 Å². The zero-order valence-electron chi connectivity index (χ0n) is 10.9. The minimum atomic E-state index is -0.620. The number of benzene rings is 1. The van der Waals surface area contributed by atoms with Crippen LogP contribution >= 0.6 is 11.6 Å². The number of carbonyl (C=O) groups is 2. The summed E-state index contributed by atoms with van der Waals surface area (Å²) in [7, 11) is 0. The first-order valence-corrected chi connectivity index (χ1v) is 7.06. The van der Waals surface area contributed by atoms with E-state index in [9.17, 15) is 14.7 Å². The van der Waals surface area contributed by atoms with Crippen LogP contribution in [0.2, 0.25) is 5.02 Å². The highest BCUT2D eigenvalue weighted by Gasteiger charge is 2.31. The van der Waals surface area contributed by atoms with Gasteiger partial charge in [0.1, 0.15) is 0 Å². The van der Waals surface area contributed by atoms with Crippen molar-refractivity contribution in [2.75, 3.05) is 23.4 Å². The highest BCUT2D eigenvalue weighted by Crippen LogP contribution is 2.37. The maximum Gasteiger partial charge on any atom is 0.296 e. The van der Waals surface area contributed by atoms with Crippen LogP contribution in [-0.2, 0) is 4.79 Å². The number of Topliss-reactive ketones (excluding diaryl/α,β-unsaturated/α-hetero) is 1. The molecular weight excluding hydrogens is 280 g/mol. The van der Waals surface area contributed by atoms with Crippen molar-refractivity contribution in [1.29, 1.82) is 0 Å². The molecule has 1 saturated heterocycles. The molecule has 6 heteroatoms. The minimum absolute atomic E-state index is 0.0344. The van der Waals surface area contributed by atoms with Gasteiger partial charge in [-0.05, 0) is 31.4 Å². The van der Waals surface area contributed by atoms with E-state index < -0.39 is 11.7 Å². The lowest BCUT2D eigenvalue weighted by Crippen LogP contribution is -2.42. The number of aliphatic hydroxyl groups excluding tert-OH is 1. The lowest BCUT2D eigenvalue weighted by molar-refractivity contribution is -0.112. The van der Waals surface area contributed by atoms with Gasteiger partial charge in [-0.25, -0.2) is 0 Å². The van der Waals surface area contributed by atoms with E-state index in [0.29, 0.717) is 16.3 Å². The van der Waals surface area contributed by atoms with Crippen molar-refractivity contribution in [3.8, 4) is 0 Å². The number of ketones is 1. The number of piperidine rings is 1. The second kappa shape index (κ2) is 5.07. The molecule has 2 aliphatic rings. The Labute approximate surface area is 121 Å². The summed E-state index contributed by atoms with van der Waals surface area (Å²) in [6, 6.07) is 3.30. The first-order chi connectivity index (χ1) is 9.61. The summed E-state index contributed by atoms with van der Waals surface area (Å²) in [6.45, 7) is 0.879. The maximum atomic E-state index is 11.6. The van der Waals surface area contributed by atoms with Crippen molar-refractivity contribution >= 4 is 34.7 Å². The lowest BCUT2D eigenvalue weighted by atomic mass is 10.0. The average molecular weight is 295 g/mol. The Morgan fingerprint density at radius 2 is 2.15 bits per heavy atom. The molecule has 106 valence electrons. The van der Waals surface area contributed by atoms with Gasteiger partial charge in [0.25, 0.3) is 11.7 Å². The summed E-state index contributed by atoms with van der Waals surface area (Å²) < 4.78 is 0. The van der Waals surface area contributed by atoms with Crippen LogP contribution in [0.1, 0.15) is 29.6 Å². The molecule has 1 amide bonds. The second-order valence-electron chi connectivity index (χ2n) is 5.16. The molecule has 2 heterocycles. The fraction of sp³-hybridized carbons (Fsp3) is 0.429. The number of anilines is 2. The van der Waals surface area contributed by atoms with Crippen LogP contribution < -0.4 is 10.2 Å². The SMILES string of the molecule is O=C1Nc2cc(N3CCCCC3CO)c(Cl)cc2C1=O. The van der Waals surface area contributed by atoms with Crippen LogP contribution in [0.3, 0.4) is 0 Å². The van der Waals surface area contributed by atoms with Crippen molar-refractivity contribution in [2.45, 2.75) is 25.3 Å². The number of carbonyl (C=O) groups excluding carboxylic acids is 2. The fourth-order valence-corrected chi connectivity index (χ4v) is 3.15. The van der Waals surface area contributed by atoms with Gasteiger partial charge in [0.05, 0.1) is 34.6 Å². The van der Waals surface area contributed by atoms with E-state index in [-0.39, 0.29) is 12.6 Å². The molecule has 0 saturated carbocycles. The molecule has 0 bridgehead atoms. The molecule has 1 atom stereocenters. The van der Waals surface area contributed by atoms with E-state index in [1.807, 2.05) is 0 Å². The number of rotatable bonds is 2. The molecule has 0 radical (unpaired) electrons. The normalized spacial score (nSPS) is 21.9. The highest BCUT2D eigenvalue weighted by atomic mass is 35.5. The zero-order valence-corrected chi connectivity index (χ0v) is 11.6. The third-order valence-corrected chi connectivity index (χ3v) is 4.24. The minimum Gasteiger partial charge on any atom is -0.394 e. The molecule has 1 unspecified atom stereocenters. The summed E-state index contributed by atoms with van der Waals surface area (Å²) in [5.41, 5.74) is 1.59. The van der Waals surface area contributed by atoms with Gasteiger partial charge in [-0.2, -0.15) is 0 Å². The van der Waals surface area contributed by atoms with Gasteiger partial charge in [0.15, 0.2) is 0 Å². The van der Waals surface area contributed by atoms with Gasteiger partial charge in [0.2, 0.25) is 0 Å². The molecule has 1 aromatic rings. The van der Waals surface area contributed by atoms with Gasteiger partial charge in [-0.15, -0.1) is 0 Å². The third-order valence-electron chi connectivity index (χ3n) is 3.93. The Bertz CT molecular complexity index is 588. The van der Waals surface area contributed by atoms with Crippen molar-refractivity contribution in [3.63, 3.8) is 0 Å². The summed E-state index contributed by atoms with van der Waals surface area (Å²) >= 11 is 6.26. The van der Waals surface area contributed by atoms with E-state index in [1.165, 1.54) is 6.07 Å². The molecule has 1 fully saturated rings. The standard InChI is InChI=1S/C14H15ClN2O3/c15-10-5-9-11(16-14(20)13(9)19)6-12(10)17-4-2-1-3-8(17)7-18/h5-6,8,18H,1-4,7H2,(H,16,19,20). The molecule has 20 heavy (non-hydrogen) atoms. The summed E-state index contributed by atoms with van der Waals surface area (Å²) in [5.74, 6) is -1.17. The van der Waals surface area contributed by atoms with Gasteiger partial charge < -0.3 is 15.3 Å². The molecule has 3 rings (SSSR count). The summed E-state index contributed by atoms with van der Waals surface area (Å²) in [4.78, 5) is 25.1. The number of hydrogen-bond donors (Lipinski definition) is 2. The van der Waals surface area contributed by atoms with E-state index in [4.69, 9.17) is 11.6 Å².